The van der Waals surface area contributed by atoms with Gasteiger partial charge in [0.25, 0.3) is 0 Å². The highest BCUT2D eigenvalue weighted by Gasteiger charge is 2.11. The van der Waals surface area contributed by atoms with Gasteiger partial charge >= 0.3 is 0 Å². The first kappa shape index (κ1) is 24.3. The fraction of sp³-hybridized carbons (Fsp3) is 0. The van der Waals surface area contributed by atoms with Crippen LogP contribution >= 0.6 is 0 Å². The van der Waals surface area contributed by atoms with Crippen molar-refractivity contribution in [2.24, 2.45) is 0 Å². The van der Waals surface area contributed by atoms with Gasteiger partial charge in [0.15, 0.2) is 0 Å². The molecule has 8 aromatic carbocycles. The summed E-state index contributed by atoms with van der Waals surface area (Å²) in [5.74, 6) is 0. The highest BCUT2D eigenvalue weighted by Crippen LogP contribution is 2.37. The maximum Gasteiger partial charge on any atom is -0.00992 e. The molecule has 0 aliphatic rings. The fourth-order valence-corrected chi connectivity index (χ4v) is 6.22. The second-order valence-corrected chi connectivity index (χ2v) is 11.0. The molecule has 0 heteroatoms. The number of benzene rings is 8. The lowest BCUT2D eigenvalue weighted by molar-refractivity contribution is 1.60. The van der Waals surface area contributed by atoms with Crippen molar-refractivity contribution in [2.45, 2.75) is 0 Å². The number of fused-ring (bicyclic) bond motifs is 3. The van der Waals surface area contributed by atoms with Gasteiger partial charge in [0.2, 0.25) is 0 Å². The van der Waals surface area contributed by atoms with Gasteiger partial charge in [-0.05, 0) is 89.0 Å². The lowest BCUT2D eigenvalue weighted by Crippen LogP contribution is -1.87. The minimum absolute atomic E-state index is 1.23. The van der Waals surface area contributed by atoms with E-state index in [9.17, 15) is 0 Å². The Kier molecular flexibility index (Phi) is 5.90. The van der Waals surface area contributed by atoms with Crippen LogP contribution in [0, 0.1) is 0 Å². The van der Waals surface area contributed by atoms with Crippen LogP contribution < -0.4 is 0 Å². The molecule has 8 rings (SSSR count). The van der Waals surface area contributed by atoms with Gasteiger partial charge in [0.1, 0.15) is 0 Å². The Morgan fingerprint density at radius 3 is 0.976 bits per heavy atom. The van der Waals surface area contributed by atoms with E-state index in [1.165, 1.54) is 76.8 Å². The second kappa shape index (κ2) is 10.2. The minimum atomic E-state index is 1.23. The summed E-state index contributed by atoms with van der Waals surface area (Å²) in [6.07, 6.45) is 0. The first-order chi connectivity index (χ1) is 20.8. The molecular weight excluding hydrogens is 504 g/mol. The average molecular weight is 533 g/mol. The third-order valence-corrected chi connectivity index (χ3v) is 8.48. The predicted molar refractivity (Wildman–Crippen MR) is 181 cm³/mol. The van der Waals surface area contributed by atoms with Crippen LogP contribution in [0.1, 0.15) is 0 Å². The van der Waals surface area contributed by atoms with E-state index >= 15 is 0 Å². The normalized spacial score (nSPS) is 11.3. The Morgan fingerprint density at radius 1 is 0.214 bits per heavy atom. The molecule has 42 heavy (non-hydrogen) atoms. The van der Waals surface area contributed by atoms with Gasteiger partial charge in [0, 0.05) is 0 Å². The minimum Gasteiger partial charge on any atom is -0.0616 e. The Balaban J connectivity index is 1.13. The summed E-state index contributed by atoms with van der Waals surface area (Å²) in [5, 5.41) is 7.62. The molecule has 0 aliphatic carbocycles. The van der Waals surface area contributed by atoms with Gasteiger partial charge in [-0.1, -0.05) is 158 Å². The standard InChI is InChI=1S/C42H28/c1-3-9-35-27-37(23-17-29(35)7-1)31-13-19-33(20-14-31)39-25-26-40(42-12-6-5-11-41(39)42)34-21-15-32(16-22-34)38-24-18-30-8-2-4-10-36(30)28-38/h1-28H. The Labute approximate surface area is 246 Å². The third-order valence-electron chi connectivity index (χ3n) is 8.48. The molecular formula is C42H28. The van der Waals surface area contributed by atoms with Gasteiger partial charge in [-0.15, -0.1) is 0 Å². The highest BCUT2D eigenvalue weighted by molar-refractivity contribution is 6.05. The van der Waals surface area contributed by atoms with E-state index in [-0.39, 0.29) is 0 Å². The van der Waals surface area contributed by atoms with Gasteiger partial charge in [-0.3, -0.25) is 0 Å². The Bertz CT molecular complexity index is 2060. The maximum atomic E-state index is 2.28. The summed E-state index contributed by atoms with van der Waals surface area (Å²) in [5.41, 5.74) is 9.93. The van der Waals surface area contributed by atoms with E-state index in [0.29, 0.717) is 0 Å². The number of hydrogen-bond acceptors (Lipinski definition) is 0. The lowest BCUT2D eigenvalue weighted by Gasteiger charge is -2.13. The average Bonchev–Trinajstić information content (AvgIpc) is 3.07. The van der Waals surface area contributed by atoms with Crippen LogP contribution in [0.4, 0.5) is 0 Å². The van der Waals surface area contributed by atoms with Crippen molar-refractivity contribution in [3.05, 3.63) is 170 Å². The van der Waals surface area contributed by atoms with Crippen LogP contribution in [0.5, 0.6) is 0 Å². The summed E-state index contributed by atoms with van der Waals surface area (Å²) in [6.45, 7) is 0. The molecule has 0 unspecified atom stereocenters. The Morgan fingerprint density at radius 2 is 0.548 bits per heavy atom. The molecule has 0 heterocycles. The number of hydrogen-bond donors (Lipinski definition) is 0. The summed E-state index contributed by atoms with van der Waals surface area (Å²) in [7, 11) is 0. The zero-order valence-corrected chi connectivity index (χ0v) is 23.2. The van der Waals surface area contributed by atoms with Crippen LogP contribution in [0.15, 0.2) is 170 Å². The van der Waals surface area contributed by atoms with E-state index in [0.717, 1.165) is 0 Å². The topological polar surface area (TPSA) is 0 Å². The molecule has 0 aliphatic heterocycles. The fourth-order valence-electron chi connectivity index (χ4n) is 6.22. The third kappa shape index (κ3) is 4.35. The van der Waals surface area contributed by atoms with Crippen LogP contribution in [0.2, 0.25) is 0 Å². The molecule has 0 saturated carbocycles. The highest BCUT2D eigenvalue weighted by atomic mass is 14.1. The van der Waals surface area contributed by atoms with Crippen molar-refractivity contribution < 1.29 is 0 Å². The van der Waals surface area contributed by atoms with Crippen LogP contribution in [-0.4, -0.2) is 0 Å². The van der Waals surface area contributed by atoms with Crippen LogP contribution in [0.3, 0.4) is 0 Å². The van der Waals surface area contributed by atoms with E-state index in [1.54, 1.807) is 0 Å². The van der Waals surface area contributed by atoms with E-state index in [4.69, 9.17) is 0 Å². The maximum absolute atomic E-state index is 2.28. The second-order valence-electron chi connectivity index (χ2n) is 11.0. The van der Waals surface area contributed by atoms with Gasteiger partial charge < -0.3 is 0 Å². The Hall–Kier alpha value is -5.46. The van der Waals surface area contributed by atoms with E-state index in [1.807, 2.05) is 0 Å². The van der Waals surface area contributed by atoms with Crippen molar-refractivity contribution >= 4 is 32.3 Å². The molecule has 0 saturated heterocycles. The molecule has 0 aromatic heterocycles. The van der Waals surface area contributed by atoms with Gasteiger partial charge in [0.05, 0.1) is 0 Å². The molecule has 0 nitrogen and oxygen atoms in total. The zero-order chi connectivity index (χ0) is 27.9. The van der Waals surface area contributed by atoms with Crippen LogP contribution in [0.25, 0.3) is 76.8 Å². The van der Waals surface area contributed by atoms with Crippen molar-refractivity contribution in [1.82, 2.24) is 0 Å². The summed E-state index contributed by atoms with van der Waals surface area (Å²) >= 11 is 0. The van der Waals surface area contributed by atoms with Crippen molar-refractivity contribution in [3.63, 3.8) is 0 Å². The molecule has 8 aromatic rings. The zero-order valence-electron chi connectivity index (χ0n) is 23.2. The van der Waals surface area contributed by atoms with Gasteiger partial charge in [-0.25, -0.2) is 0 Å². The van der Waals surface area contributed by atoms with Crippen molar-refractivity contribution in [3.8, 4) is 44.5 Å². The monoisotopic (exact) mass is 532 g/mol. The molecule has 0 amide bonds. The SMILES string of the molecule is c1ccc2cc(-c3ccc(-c4ccc(-c5ccc(-c6ccc7ccccc7c6)cc5)c5ccccc45)cc3)ccc2c1. The first-order valence-corrected chi connectivity index (χ1v) is 14.5. The van der Waals surface area contributed by atoms with Gasteiger partial charge in [-0.2, -0.15) is 0 Å². The number of rotatable bonds is 4. The largest absolute Gasteiger partial charge is 0.0616 e. The van der Waals surface area contributed by atoms with Crippen molar-refractivity contribution in [2.75, 3.05) is 0 Å². The summed E-state index contributed by atoms with van der Waals surface area (Å²) in [6, 6.07) is 61.8. The van der Waals surface area contributed by atoms with E-state index in [2.05, 4.69) is 170 Å². The van der Waals surface area contributed by atoms with Crippen LogP contribution in [-0.2, 0) is 0 Å². The smallest absolute Gasteiger partial charge is 0.00992 e. The molecule has 0 radical (unpaired) electrons. The molecule has 0 N–H and O–H groups in total. The summed E-state index contributed by atoms with van der Waals surface area (Å²) < 4.78 is 0. The first-order valence-electron chi connectivity index (χ1n) is 14.5. The molecule has 196 valence electrons. The summed E-state index contributed by atoms with van der Waals surface area (Å²) in [4.78, 5) is 0. The van der Waals surface area contributed by atoms with Crippen molar-refractivity contribution in [1.29, 1.82) is 0 Å². The molecule has 0 bridgehead atoms. The molecule has 0 atom stereocenters. The quantitative estimate of drug-likeness (QED) is 0.211. The molecule has 0 fully saturated rings. The predicted octanol–water partition coefficient (Wildman–Crippen LogP) is 11.8. The van der Waals surface area contributed by atoms with E-state index < -0.39 is 0 Å². The molecule has 0 spiro atoms. The lowest BCUT2D eigenvalue weighted by atomic mass is 9.90.